The topological polar surface area (TPSA) is 12.9 Å². The van der Waals surface area contributed by atoms with Gasteiger partial charge < -0.3 is 0 Å². The third kappa shape index (κ3) is 2.80. The van der Waals surface area contributed by atoms with E-state index in [1.807, 2.05) is 22.6 Å². The highest BCUT2D eigenvalue weighted by Crippen LogP contribution is 2.31. The van der Waals surface area contributed by atoms with Crippen LogP contribution in [0.4, 0.5) is 17.6 Å². The molecular formula is C12H6F4IN. The second-order valence-electron chi connectivity index (χ2n) is 3.57. The van der Waals surface area contributed by atoms with Crippen LogP contribution in [0.2, 0.25) is 0 Å². The average molecular weight is 367 g/mol. The van der Waals surface area contributed by atoms with Crippen LogP contribution in [0.15, 0.2) is 36.5 Å². The molecule has 0 unspecified atom stereocenters. The van der Waals surface area contributed by atoms with Gasteiger partial charge in [0.05, 0.1) is 5.56 Å². The summed E-state index contributed by atoms with van der Waals surface area (Å²) in [6.07, 6.45) is -3.04. The van der Waals surface area contributed by atoms with Crippen molar-refractivity contribution >= 4 is 22.6 Å². The summed E-state index contributed by atoms with van der Waals surface area (Å²) in [7, 11) is 0. The first-order chi connectivity index (χ1) is 8.38. The Morgan fingerprint density at radius 1 is 1.06 bits per heavy atom. The molecule has 1 nitrogen and oxygen atoms in total. The number of nitrogens with zero attached hydrogens (tertiary/aromatic N) is 1. The van der Waals surface area contributed by atoms with Gasteiger partial charge in [-0.2, -0.15) is 17.6 Å². The highest BCUT2D eigenvalue weighted by molar-refractivity contribution is 14.1. The third-order valence-electron chi connectivity index (χ3n) is 2.33. The van der Waals surface area contributed by atoms with E-state index >= 15 is 0 Å². The zero-order valence-corrected chi connectivity index (χ0v) is 11.0. The fourth-order valence-corrected chi connectivity index (χ4v) is 1.91. The Hall–Kier alpha value is -1.18. The van der Waals surface area contributed by atoms with Gasteiger partial charge in [-0.05, 0) is 46.4 Å². The third-order valence-corrected chi connectivity index (χ3v) is 2.92. The van der Waals surface area contributed by atoms with Crippen molar-refractivity contribution in [3.05, 3.63) is 51.6 Å². The maximum absolute atomic E-state index is 13.5. The zero-order valence-electron chi connectivity index (χ0n) is 8.80. The van der Waals surface area contributed by atoms with Gasteiger partial charge in [0, 0.05) is 15.3 Å². The molecule has 1 aromatic carbocycles. The zero-order chi connectivity index (χ0) is 13.3. The Labute approximate surface area is 114 Å². The highest BCUT2D eigenvalue weighted by Gasteiger charge is 2.30. The molecule has 0 N–H and O–H groups in total. The van der Waals surface area contributed by atoms with Crippen LogP contribution in [0.3, 0.4) is 0 Å². The number of hydrogen-bond acceptors (Lipinski definition) is 1. The molecule has 1 aromatic heterocycles. The van der Waals surface area contributed by atoms with E-state index in [2.05, 4.69) is 4.98 Å². The second-order valence-corrected chi connectivity index (χ2v) is 4.81. The van der Waals surface area contributed by atoms with Crippen LogP contribution in [-0.2, 0) is 6.18 Å². The molecule has 6 heteroatoms. The molecule has 0 saturated carbocycles. The average Bonchev–Trinajstić information content (AvgIpc) is 2.31. The number of halogens is 5. The van der Waals surface area contributed by atoms with E-state index in [0.29, 0.717) is 9.13 Å². The Morgan fingerprint density at radius 3 is 2.22 bits per heavy atom. The molecule has 0 aliphatic heterocycles. The highest BCUT2D eigenvalue weighted by atomic mass is 127. The minimum Gasteiger partial charge on any atom is -0.227 e. The standard InChI is InChI=1S/C12H6F4IN/c13-11-10(5-9(17)6-18-11)7-1-3-8(4-2-7)12(14,15)16/h1-6H. The summed E-state index contributed by atoms with van der Waals surface area (Å²) in [6, 6.07) is 5.85. The van der Waals surface area contributed by atoms with Gasteiger partial charge in [0.25, 0.3) is 0 Å². The summed E-state index contributed by atoms with van der Waals surface area (Å²) < 4.78 is 51.3. The predicted molar refractivity (Wildman–Crippen MR) is 67.4 cm³/mol. The van der Waals surface area contributed by atoms with E-state index in [-0.39, 0.29) is 5.56 Å². The molecule has 0 fully saturated rings. The fourth-order valence-electron chi connectivity index (χ4n) is 1.46. The molecule has 0 radical (unpaired) electrons. The summed E-state index contributed by atoms with van der Waals surface area (Å²) >= 11 is 1.96. The van der Waals surface area contributed by atoms with E-state index in [9.17, 15) is 17.6 Å². The lowest BCUT2D eigenvalue weighted by atomic mass is 10.1. The van der Waals surface area contributed by atoms with Gasteiger partial charge in [-0.15, -0.1) is 0 Å². The summed E-state index contributed by atoms with van der Waals surface area (Å²) in [4.78, 5) is 3.53. The van der Waals surface area contributed by atoms with Crippen molar-refractivity contribution < 1.29 is 17.6 Å². The molecule has 0 spiro atoms. The first-order valence-corrected chi connectivity index (χ1v) is 5.94. The molecule has 2 rings (SSSR count). The lowest BCUT2D eigenvalue weighted by Crippen LogP contribution is -2.04. The van der Waals surface area contributed by atoms with Crippen molar-refractivity contribution in [2.24, 2.45) is 0 Å². The molecule has 0 aliphatic rings. The molecule has 0 bridgehead atoms. The predicted octanol–water partition coefficient (Wildman–Crippen LogP) is 4.51. The molecular weight excluding hydrogens is 361 g/mol. The van der Waals surface area contributed by atoms with Crippen LogP contribution in [-0.4, -0.2) is 4.98 Å². The van der Waals surface area contributed by atoms with Gasteiger partial charge in [0.15, 0.2) is 0 Å². The Morgan fingerprint density at radius 2 is 1.67 bits per heavy atom. The summed E-state index contributed by atoms with van der Waals surface area (Å²) in [5.74, 6) is -0.699. The fraction of sp³-hybridized carbons (Fsp3) is 0.0833. The van der Waals surface area contributed by atoms with Crippen LogP contribution in [0, 0.1) is 9.52 Å². The Balaban J connectivity index is 2.43. The van der Waals surface area contributed by atoms with E-state index < -0.39 is 17.7 Å². The lowest BCUT2D eigenvalue weighted by molar-refractivity contribution is -0.137. The molecule has 18 heavy (non-hydrogen) atoms. The van der Waals surface area contributed by atoms with Gasteiger partial charge >= 0.3 is 6.18 Å². The van der Waals surface area contributed by atoms with Crippen LogP contribution in [0.1, 0.15) is 5.56 Å². The molecule has 0 amide bonds. The van der Waals surface area contributed by atoms with E-state index in [0.717, 1.165) is 12.1 Å². The van der Waals surface area contributed by atoms with Crippen molar-refractivity contribution in [3.8, 4) is 11.1 Å². The monoisotopic (exact) mass is 367 g/mol. The first-order valence-electron chi connectivity index (χ1n) is 4.86. The maximum atomic E-state index is 13.5. The summed E-state index contributed by atoms with van der Waals surface area (Å²) in [5.41, 5.74) is -0.201. The molecule has 1 heterocycles. The first kappa shape index (κ1) is 13.3. The van der Waals surface area contributed by atoms with Crippen molar-refractivity contribution in [2.45, 2.75) is 6.18 Å². The van der Waals surface area contributed by atoms with Crippen molar-refractivity contribution in [1.29, 1.82) is 0 Å². The van der Waals surface area contributed by atoms with Crippen LogP contribution >= 0.6 is 22.6 Å². The number of hydrogen-bond donors (Lipinski definition) is 0. The van der Waals surface area contributed by atoms with Gasteiger partial charge in [-0.25, -0.2) is 4.98 Å². The molecule has 94 valence electrons. The number of rotatable bonds is 1. The number of aromatic nitrogens is 1. The van der Waals surface area contributed by atoms with Crippen LogP contribution < -0.4 is 0 Å². The Bertz CT molecular complexity index is 563. The number of alkyl halides is 3. The summed E-state index contributed by atoms with van der Waals surface area (Å²) in [6.45, 7) is 0. The summed E-state index contributed by atoms with van der Waals surface area (Å²) in [5, 5.41) is 0. The van der Waals surface area contributed by atoms with Crippen LogP contribution in [0.25, 0.3) is 11.1 Å². The van der Waals surface area contributed by atoms with Crippen LogP contribution in [0.5, 0.6) is 0 Å². The number of pyridine rings is 1. The van der Waals surface area contributed by atoms with E-state index in [4.69, 9.17) is 0 Å². The lowest BCUT2D eigenvalue weighted by Gasteiger charge is -2.08. The number of benzene rings is 1. The van der Waals surface area contributed by atoms with Crippen molar-refractivity contribution in [2.75, 3.05) is 0 Å². The second kappa shape index (κ2) is 4.83. The molecule has 2 aromatic rings. The minimum absolute atomic E-state index is 0.190. The van der Waals surface area contributed by atoms with Gasteiger partial charge in [-0.1, -0.05) is 12.1 Å². The quantitative estimate of drug-likeness (QED) is 0.411. The van der Waals surface area contributed by atoms with Gasteiger partial charge in [0.2, 0.25) is 5.95 Å². The Kier molecular flexibility index (Phi) is 3.56. The van der Waals surface area contributed by atoms with E-state index in [1.165, 1.54) is 24.4 Å². The molecule has 0 atom stereocenters. The smallest absolute Gasteiger partial charge is 0.227 e. The SMILES string of the molecule is Fc1ncc(I)cc1-c1ccc(C(F)(F)F)cc1. The van der Waals surface area contributed by atoms with Gasteiger partial charge in [-0.3, -0.25) is 0 Å². The van der Waals surface area contributed by atoms with Crippen molar-refractivity contribution in [3.63, 3.8) is 0 Å². The largest absolute Gasteiger partial charge is 0.416 e. The van der Waals surface area contributed by atoms with Gasteiger partial charge in [0.1, 0.15) is 0 Å². The molecule has 0 saturated heterocycles. The van der Waals surface area contributed by atoms with Crippen molar-refractivity contribution in [1.82, 2.24) is 4.98 Å². The normalized spacial score (nSPS) is 11.6. The maximum Gasteiger partial charge on any atom is 0.416 e. The minimum atomic E-state index is -4.39. The van der Waals surface area contributed by atoms with E-state index in [1.54, 1.807) is 0 Å². The molecule has 0 aliphatic carbocycles.